The largest absolute Gasteiger partial charge is 0.494 e. The van der Waals surface area contributed by atoms with E-state index in [0.717, 1.165) is 6.54 Å². The molecule has 1 aliphatic rings. The van der Waals surface area contributed by atoms with E-state index < -0.39 is 10.0 Å². The van der Waals surface area contributed by atoms with E-state index in [1.54, 1.807) is 24.3 Å². The molecular formula is C14H22N2O3S. The van der Waals surface area contributed by atoms with Crippen LogP contribution in [-0.4, -0.2) is 46.1 Å². The lowest BCUT2D eigenvalue weighted by Gasteiger charge is -2.15. The summed E-state index contributed by atoms with van der Waals surface area (Å²) in [5.74, 6) is 0.680. The van der Waals surface area contributed by atoms with Gasteiger partial charge in [-0.25, -0.2) is 13.1 Å². The Morgan fingerprint density at radius 3 is 2.50 bits per heavy atom. The molecule has 1 N–H and O–H groups in total. The van der Waals surface area contributed by atoms with Crippen molar-refractivity contribution in [2.75, 3.05) is 26.7 Å². The first kappa shape index (κ1) is 15.3. The molecule has 1 aliphatic carbocycles. The van der Waals surface area contributed by atoms with Crippen LogP contribution < -0.4 is 9.46 Å². The minimum absolute atomic E-state index is 0.273. The SMILES string of the molecule is CCOc1ccc(S(=O)(=O)NCCN(C)C2CC2)cc1. The lowest BCUT2D eigenvalue weighted by atomic mass is 10.3. The van der Waals surface area contributed by atoms with Crippen molar-refractivity contribution in [2.24, 2.45) is 0 Å². The van der Waals surface area contributed by atoms with Crippen molar-refractivity contribution >= 4 is 10.0 Å². The third-order valence-corrected chi connectivity index (χ3v) is 4.85. The first-order chi connectivity index (χ1) is 9.53. The van der Waals surface area contributed by atoms with Crippen molar-refractivity contribution in [1.82, 2.24) is 9.62 Å². The van der Waals surface area contributed by atoms with Gasteiger partial charge in [-0.1, -0.05) is 0 Å². The summed E-state index contributed by atoms with van der Waals surface area (Å²) in [7, 11) is -1.39. The zero-order valence-corrected chi connectivity index (χ0v) is 12.8. The average molecular weight is 298 g/mol. The predicted molar refractivity (Wildman–Crippen MR) is 78.5 cm³/mol. The van der Waals surface area contributed by atoms with Crippen LogP contribution in [-0.2, 0) is 10.0 Å². The zero-order valence-electron chi connectivity index (χ0n) is 12.0. The number of benzene rings is 1. The molecule has 0 aromatic heterocycles. The van der Waals surface area contributed by atoms with Gasteiger partial charge in [0, 0.05) is 19.1 Å². The molecule has 0 spiro atoms. The van der Waals surface area contributed by atoms with Gasteiger partial charge in [0.05, 0.1) is 11.5 Å². The van der Waals surface area contributed by atoms with E-state index in [0.29, 0.717) is 24.9 Å². The van der Waals surface area contributed by atoms with E-state index in [-0.39, 0.29) is 4.90 Å². The molecule has 1 saturated carbocycles. The van der Waals surface area contributed by atoms with Crippen molar-refractivity contribution in [3.63, 3.8) is 0 Å². The fraction of sp³-hybridized carbons (Fsp3) is 0.571. The summed E-state index contributed by atoms with van der Waals surface area (Å²) in [4.78, 5) is 2.47. The van der Waals surface area contributed by atoms with Gasteiger partial charge in [0.1, 0.15) is 5.75 Å². The normalized spacial score (nSPS) is 15.6. The number of nitrogens with zero attached hydrogens (tertiary/aromatic N) is 1. The number of hydrogen-bond donors (Lipinski definition) is 1. The first-order valence-corrected chi connectivity index (χ1v) is 8.44. The van der Waals surface area contributed by atoms with Gasteiger partial charge in [-0.15, -0.1) is 0 Å². The Labute approximate surface area is 121 Å². The average Bonchev–Trinajstić information content (AvgIpc) is 3.24. The van der Waals surface area contributed by atoms with Gasteiger partial charge in [0.2, 0.25) is 10.0 Å². The highest BCUT2D eigenvalue weighted by Crippen LogP contribution is 2.24. The summed E-state index contributed by atoms with van der Waals surface area (Å²) < 4.78 is 32.1. The quantitative estimate of drug-likeness (QED) is 0.789. The Morgan fingerprint density at radius 2 is 1.95 bits per heavy atom. The van der Waals surface area contributed by atoms with Crippen LogP contribution in [0.1, 0.15) is 19.8 Å². The van der Waals surface area contributed by atoms with Crippen LogP contribution in [0, 0.1) is 0 Å². The van der Waals surface area contributed by atoms with Gasteiger partial charge in [-0.05, 0) is 51.1 Å². The molecule has 20 heavy (non-hydrogen) atoms. The Balaban J connectivity index is 1.88. The number of sulfonamides is 1. The van der Waals surface area contributed by atoms with E-state index in [2.05, 4.69) is 9.62 Å². The molecule has 5 nitrogen and oxygen atoms in total. The van der Waals surface area contributed by atoms with Crippen molar-refractivity contribution in [2.45, 2.75) is 30.7 Å². The van der Waals surface area contributed by atoms with E-state index >= 15 is 0 Å². The van der Waals surface area contributed by atoms with Crippen LogP contribution in [0.2, 0.25) is 0 Å². The molecule has 1 aromatic rings. The van der Waals surface area contributed by atoms with Crippen molar-refractivity contribution in [3.8, 4) is 5.75 Å². The smallest absolute Gasteiger partial charge is 0.240 e. The van der Waals surface area contributed by atoms with E-state index in [4.69, 9.17) is 4.74 Å². The minimum Gasteiger partial charge on any atom is -0.494 e. The van der Waals surface area contributed by atoms with Crippen molar-refractivity contribution < 1.29 is 13.2 Å². The summed E-state index contributed by atoms with van der Waals surface area (Å²) in [5.41, 5.74) is 0. The molecular weight excluding hydrogens is 276 g/mol. The lowest BCUT2D eigenvalue weighted by molar-refractivity contribution is 0.329. The highest BCUT2D eigenvalue weighted by atomic mass is 32.2. The maximum Gasteiger partial charge on any atom is 0.240 e. The van der Waals surface area contributed by atoms with Crippen LogP contribution in [0.5, 0.6) is 5.75 Å². The minimum atomic E-state index is -3.43. The van der Waals surface area contributed by atoms with Crippen LogP contribution in [0.4, 0.5) is 0 Å². The Bertz CT molecular complexity index is 524. The van der Waals surface area contributed by atoms with Gasteiger partial charge < -0.3 is 9.64 Å². The molecule has 0 radical (unpaired) electrons. The molecule has 1 fully saturated rings. The maximum atomic E-state index is 12.1. The van der Waals surface area contributed by atoms with Crippen molar-refractivity contribution in [1.29, 1.82) is 0 Å². The van der Waals surface area contributed by atoms with Crippen molar-refractivity contribution in [3.05, 3.63) is 24.3 Å². The third-order valence-electron chi connectivity index (χ3n) is 3.37. The van der Waals surface area contributed by atoms with Crippen LogP contribution in [0.3, 0.4) is 0 Å². The topological polar surface area (TPSA) is 58.6 Å². The van der Waals surface area contributed by atoms with Crippen LogP contribution in [0.15, 0.2) is 29.2 Å². The lowest BCUT2D eigenvalue weighted by Crippen LogP contribution is -2.33. The fourth-order valence-corrected chi connectivity index (χ4v) is 3.04. The summed E-state index contributed by atoms with van der Waals surface area (Å²) in [6, 6.07) is 7.13. The summed E-state index contributed by atoms with van der Waals surface area (Å²) in [6.45, 7) is 3.63. The standard InChI is InChI=1S/C14H22N2O3S/c1-3-19-13-6-8-14(9-7-13)20(17,18)15-10-11-16(2)12-4-5-12/h6-9,12,15H,3-5,10-11H2,1-2H3. The number of likely N-dealkylation sites (N-methyl/N-ethyl adjacent to an activating group) is 1. The highest BCUT2D eigenvalue weighted by Gasteiger charge is 2.25. The molecule has 0 heterocycles. The van der Waals surface area contributed by atoms with Crippen LogP contribution in [0.25, 0.3) is 0 Å². The number of ether oxygens (including phenoxy) is 1. The molecule has 0 aliphatic heterocycles. The Kier molecular flexibility index (Phi) is 5.01. The fourth-order valence-electron chi connectivity index (χ4n) is 2.02. The number of nitrogens with one attached hydrogen (secondary N) is 1. The molecule has 0 unspecified atom stereocenters. The molecule has 0 amide bonds. The number of rotatable bonds is 8. The van der Waals surface area contributed by atoms with E-state index in [9.17, 15) is 8.42 Å². The Morgan fingerprint density at radius 1 is 1.30 bits per heavy atom. The summed E-state index contributed by atoms with van der Waals surface area (Å²) in [6.07, 6.45) is 2.45. The molecule has 0 atom stereocenters. The molecule has 1 aromatic carbocycles. The predicted octanol–water partition coefficient (Wildman–Crippen LogP) is 1.46. The number of hydrogen-bond acceptors (Lipinski definition) is 4. The van der Waals surface area contributed by atoms with Gasteiger partial charge in [-0.3, -0.25) is 0 Å². The summed E-state index contributed by atoms with van der Waals surface area (Å²) in [5, 5.41) is 0. The second-order valence-corrected chi connectivity index (χ2v) is 6.78. The third kappa shape index (κ3) is 4.19. The molecule has 112 valence electrons. The highest BCUT2D eigenvalue weighted by molar-refractivity contribution is 7.89. The van der Waals surface area contributed by atoms with Crippen LogP contribution >= 0.6 is 0 Å². The zero-order chi connectivity index (χ0) is 14.6. The second-order valence-electron chi connectivity index (χ2n) is 5.01. The van der Waals surface area contributed by atoms with Gasteiger partial charge in [0.15, 0.2) is 0 Å². The van der Waals surface area contributed by atoms with E-state index in [1.807, 2.05) is 14.0 Å². The van der Waals surface area contributed by atoms with Gasteiger partial charge >= 0.3 is 0 Å². The molecule has 0 bridgehead atoms. The van der Waals surface area contributed by atoms with Gasteiger partial charge in [-0.2, -0.15) is 0 Å². The molecule has 6 heteroatoms. The second kappa shape index (κ2) is 6.56. The summed E-state index contributed by atoms with van der Waals surface area (Å²) >= 11 is 0. The Hall–Kier alpha value is -1.11. The molecule has 0 saturated heterocycles. The maximum absolute atomic E-state index is 12.1. The molecule has 2 rings (SSSR count). The monoisotopic (exact) mass is 298 g/mol. The van der Waals surface area contributed by atoms with Gasteiger partial charge in [0.25, 0.3) is 0 Å². The van der Waals surface area contributed by atoms with E-state index in [1.165, 1.54) is 12.8 Å². The first-order valence-electron chi connectivity index (χ1n) is 6.95.